The summed E-state index contributed by atoms with van der Waals surface area (Å²) in [5.41, 5.74) is 1.04. The van der Waals surface area contributed by atoms with Crippen LogP contribution in [0.15, 0.2) is 30.3 Å². The van der Waals surface area contributed by atoms with Crippen LogP contribution < -0.4 is 4.74 Å². The highest BCUT2D eigenvalue weighted by Gasteiger charge is 2.13. The van der Waals surface area contributed by atoms with E-state index >= 15 is 0 Å². The molecule has 1 amide bonds. The molecule has 0 radical (unpaired) electrons. The second-order valence-electron chi connectivity index (χ2n) is 6.90. The minimum Gasteiger partial charge on any atom is -0.494 e. The molecule has 1 aromatic rings. The Bertz CT molecular complexity index is 515. The molecule has 0 unspecified atom stereocenters. The Labute approximate surface area is 153 Å². The topological polar surface area (TPSA) is 29.5 Å². The number of likely N-dealkylation sites (tertiary alicyclic amines) is 1. The Morgan fingerprint density at radius 3 is 2.40 bits per heavy atom. The predicted molar refractivity (Wildman–Crippen MR) is 105 cm³/mol. The second kappa shape index (κ2) is 11.7. The minimum absolute atomic E-state index is 0.128. The molecule has 1 saturated heterocycles. The maximum absolute atomic E-state index is 12.1. The van der Waals surface area contributed by atoms with Crippen molar-refractivity contribution >= 4 is 12.0 Å². The van der Waals surface area contributed by atoms with E-state index in [9.17, 15) is 4.79 Å². The Balaban J connectivity index is 1.66. The van der Waals surface area contributed by atoms with Crippen LogP contribution in [0.4, 0.5) is 0 Å². The van der Waals surface area contributed by atoms with Gasteiger partial charge in [0, 0.05) is 19.2 Å². The van der Waals surface area contributed by atoms with Crippen LogP contribution in [0.1, 0.15) is 70.3 Å². The van der Waals surface area contributed by atoms with E-state index < -0.39 is 0 Å². The van der Waals surface area contributed by atoms with Gasteiger partial charge in [-0.1, -0.05) is 51.2 Å². The molecule has 0 bridgehead atoms. The lowest BCUT2D eigenvalue weighted by molar-refractivity contribution is -0.126. The van der Waals surface area contributed by atoms with Crippen molar-refractivity contribution in [2.24, 2.45) is 0 Å². The summed E-state index contributed by atoms with van der Waals surface area (Å²) in [5, 5.41) is 0. The molecule has 0 spiro atoms. The summed E-state index contributed by atoms with van der Waals surface area (Å²) in [6, 6.07) is 8.00. The van der Waals surface area contributed by atoms with Crippen molar-refractivity contribution in [3.63, 3.8) is 0 Å². The number of unbranched alkanes of at least 4 members (excludes halogenated alkanes) is 5. The molecule has 138 valence electrons. The number of carbonyl (C=O) groups excluding carboxylic acids is 1. The maximum atomic E-state index is 12.1. The average Bonchev–Trinajstić information content (AvgIpc) is 2.67. The van der Waals surface area contributed by atoms with Gasteiger partial charge in [0.05, 0.1) is 6.61 Å². The van der Waals surface area contributed by atoms with E-state index in [1.807, 2.05) is 35.2 Å². The minimum atomic E-state index is 0.128. The van der Waals surface area contributed by atoms with Crippen LogP contribution in [-0.2, 0) is 4.79 Å². The third-order valence-electron chi connectivity index (χ3n) is 4.73. The highest BCUT2D eigenvalue weighted by atomic mass is 16.5. The van der Waals surface area contributed by atoms with Gasteiger partial charge in [0.15, 0.2) is 0 Å². The van der Waals surface area contributed by atoms with Crippen molar-refractivity contribution < 1.29 is 9.53 Å². The molecule has 0 aromatic heterocycles. The van der Waals surface area contributed by atoms with E-state index in [-0.39, 0.29) is 5.91 Å². The van der Waals surface area contributed by atoms with Gasteiger partial charge in [0.25, 0.3) is 0 Å². The smallest absolute Gasteiger partial charge is 0.246 e. The number of hydrogen-bond acceptors (Lipinski definition) is 2. The fraction of sp³-hybridized carbons (Fsp3) is 0.591. The molecule has 0 atom stereocenters. The molecule has 0 aliphatic carbocycles. The van der Waals surface area contributed by atoms with Crippen molar-refractivity contribution in [3.8, 4) is 5.75 Å². The first-order valence-corrected chi connectivity index (χ1v) is 9.99. The average molecular weight is 344 g/mol. The monoisotopic (exact) mass is 343 g/mol. The van der Waals surface area contributed by atoms with Gasteiger partial charge in [-0.05, 0) is 49.5 Å². The zero-order valence-electron chi connectivity index (χ0n) is 15.7. The molecule has 25 heavy (non-hydrogen) atoms. The lowest BCUT2D eigenvalue weighted by Gasteiger charge is -2.25. The summed E-state index contributed by atoms with van der Waals surface area (Å²) in [7, 11) is 0. The molecule has 3 heteroatoms. The van der Waals surface area contributed by atoms with Crippen LogP contribution in [0.2, 0.25) is 0 Å². The number of piperidine rings is 1. The zero-order chi connectivity index (χ0) is 17.7. The highest BCUT2D eigenvalue weighted by Crippen LogP contribution is 2.15. The largest absolute Gasteiger partial charge is 0.494 e. The Kier molecular flexibility index (Phi) is 9.17. The van der Waals surface area contributed by atoms with Gasteiger partial charge in [-0.15, -0.1) is 0 Å². The van der Waals surface area contributed by atoms with Gasteiger partial charge >= 0.3 is 0 Å². The summed E-state index contributed by atoms with van der Waals surface area (Å²) in [5.74, 6) is 1.04. The van der Waals surface area contributed by atoms with Crippen molar-refractivity contribution in [2.75, 3.05) is 19.7 Å². The molecule has 1 fully saturated rings. The fourth-order valence-electron chi connectivity index (χ4n) is 3.13. The molecule has 3 nitrogen and oxygen atoms in total. The first kappa shape index (κ1) is 19.6. The number of hydrogen-bond donors (Lipinski definition) is 0. The van der Waals surface area contributed by atoms with Crippen LogP contribution >= 0.6 is 0 Å². The molecule has 1 aliphatic rings. The number of amides is 1. The van der Waals surface area contributed by atoms with Crippen LogP contribution in [0.5, 0.6) is 5.75 Å². The van der Waals surface area contributed by atoms with Crippen LogP contribution in [0, 0.1) is 0 Å². The Hall–Kier alpha value is -1.77. The van der Waals surface area contributed by atoms with Crippen molar-refractivity contribution in [3.05, 3.63) is 35.9 Å². The standard InChI is InChI=1S/C22H33NO2/c1-2-3-4-5-6-10-19-25-21-14-11-20(12-15-21)13-16-22(24)23-17-8-7-9-18-23/h11-16H,2-10,17-19H2,1H3/b16-13+. The third kappa shape index (κ3) is 7.76. The van der Waals surface area contributed by atoms with Crippen LogP contribution in [-0.4, -0.2) is 30.5 Å². The Morgan fingerprint density at radius 2 is 1.68 bits per heavy atom. The van der Waals surface area contributed by atoms with E-state index in [1.54, 1.807) is 6.08 Å². The quantitative estimate of drug-likeness (QED) is 0.417. The Morgan fingerprint density at radius 1 is 1.00 bits per heavy atom. The zero-order valence-corrected chi connectivity index (χ0v) is 15.7. The van der Waals surface area contributed by atoms with Crippen molar-refractivity contribution in [2.45, 2.75) is 64.7 Å². The summed E-state index contributed by atoms with van der Waals surface area (Å²) < 4.78 is 5.79. The van der Waals surface area contributed by atoms with Gasteiger partial charge in [0.2, 0.25) is 5.91 Å². The summed E-state index contributed by atoms with van der Waals surface area (Å²) in [6.07, 6.45) is 14.7. The first-order chi connectivity index (χ1) is 12.3. The van der Waals surface area contributed by atoms with Gasteiger partial charge < -0.3 is 9.64 Å². The molecule has 2 rings (SSSR count). The fourth-order valence-corrected chi connectivity index (χ4v) is 3.13. The summed E-state index contributed by atoms with van der Waals surface area (Å²) in [4.78, 5) is 14.1. The molecule has 1 aromatic carbocycles. The number of rotatable bonds is 10. The van der Waals surface area contributed by atoms with Crippen molar-refractivity contribution in [1.82, 2.24) is 4.90 Å². The number of ether oxygens (including phenoxy) is 1. The van der Waals surface area contributed by atoms with Crippen LogP contribution in [0.3, 0.4) is 0 Å². The van der Waals surface area contributed by atoms with E-state index in [4.69, 9.17) is 4.74 Å². The first-order valence-electron chi connectivity index (χ1n) is 9.99. The molecule has 0 saturated carbocycles. The lowest BCUT2D eigenvalue weighted by Crippen LogP contribution is -2.34. The van der Waals surface area contributed by atoms with E-state index in [0.717, 1.165) is 50.3 Å². The number of nitrogens with zero attached hydrogens (tertiary/aromatic N) is 1. The maximum Gasteiger partial charge on any atom is 0.246 e. The van der Waals surface area contributed by atoms with Gasteiger partial charge in [-0.3, -0.25) is 4.79 Å². The van der Waals surface area contributed by atoms with E-state index in [2.05, 4.69) is 6.92 Å². The SMILES string of the molecule is CCCCCCCCOc1ccc(/C=C/C(=O)N2CCCCC2)cc1. The third-order valence-corrected chi connectivity index (χ3v) is 4.73. The van der Waals surface area contributed by atoms with E-state index in [0.29, 0.717) is 0 Å². The lowest BCUT2D eigenvalue weighted by atomic mass is 10.1. The van der Waals surface area contributed by atoms with Gasteiger partial charge in [0.1, 0.15) is 5.75 Å². The van der Waals surface area contributed by atoms with Gasteiger partial charge in [-0.2, -0.15) is 0 Å². The predicted octanol–water partition coefficient (Wildman–Crippen LogP) is 5.45. The number of benzene rings is 1. The summed E-state index contributed by atoms with van der Waals surface area (Å²) in [6.45, 7) is 4.82. The highest BCUT2D eigenvalue weighted by molar-refractivity contribution is 5.91. The van der Waals surface area contributed by atoms with Gasteiger partial charge in [-0.25, -0.2) is 0 Å². The van der Waals surface area contributed by atoms with Crippen LogP contribution in [0.25, 0.3) is 6.08 Å². The molecular formula is C22H33NO2. The molecule has 1 heterocycles. The van der Waals surface area contributed by atoms with Crippen molar-refractivity contribution in [1.29, 1.82) is 0 Å². The molecule has 0 N–H and O–H groups in total. The summed E-state index contributed by atoms with van der Waals surface area (Å²) >= 11 is 0. The second-order valence-corrected chi connectivity index (χ2v) is 6.90. The number of carbonyl (C=O) groups is 1. The van der Waals surface area contributed by atoms with E-state index in [1.165, 1.54) is 38.5 Å². The molecule has 1 aliphatic heterocycles. The normalized spacial score (nSPS) is 14.8. The molecular weight excluding hydrogens is 310 g/mol.